The van der Waals surface area contributed by atoms with Crippen LogP contribution in [-0.2, 0) is 0 Å². The summed E-state index contributed by atoms with van der Waals surface area (Å²) < 4.78 is 32.3. The van der Waals surface area contributed by atoms with Crippen LogP contribution in [-0.4, -0.2) is 26.2 Å². The lowest BCUT2D eigenvalue weighted by Crippen LogP contribution is -2.15. The fourth-order valence-electron chi connectivity index (χ4n) is 2.19. The maximum absolute atomic E-state index is 13.7. The molecule has 0 radical (unpaired) electrons. The van der Waals surface area contributed by atoms with Crippen LogP contribution in [0.25, 0.3) is 10.8 Å². The quantitative estimate of drug-likeness (QED) is 0.480. The third-order valence-electron chi connectivity index (χ3n) is 3.35. The van der Waals surface area contributed by atoms with Crippen LogP contribution in [0.15, 0.2) is 27.8 Å². The van der Waals surface area contributed by atoms with Gasteiger partial charge in [-0.15, -0.1) is 21.5 Å². The van der Waals surface area contributed by atoms with Gasteiger partial charge in [-0.1, -0.05) is 11.8 Å². The van der Waals surface area contributed by atoms with Gasteiger partial charge >= 0.3 is 0 Å². The van der Waals surface area contributed by atoms with Gasteiger partial charge in [-0.25, -0.2) is 13.8 Å². The molecule has 9 heteroatoms. The lowest BCUT2D eigenvalue weighted by molar-refractivity contribution is 0.0989. The molecule has 5 nitrogen and oxygen atoms in total. The molecule has 3 rings (SSSR count). The molecule has 0 spiro atoms. The summed E-state index contributed by atoms with van der Waals surface area (Å²) in [5.74, 6) is -1.77. The van der Waals surface area contributed by atoms with Crippen molar-refractivity contribution < 1.29 is 18.0 Å². The van der Waals surface area contributed by atoms with E-state index in [-0.39, 0.29) is 10.8 Å². The number of hydrogen-bond acceptors (Lipinski definition) is 7. The van der Waals surface area contributed by atoms with Gasteiger partial charge in [-0.3, -0.25) is 4.79 Å². The van der Waals surface area contributed by atoms with Crippen molar-refractivity contribution in [1.82, 2.24) is 15.2 Å². The Kier molecular flexibility index (Phi) is 4.96. The van der Waals surface area contributed by atoms with Gasteiger partial charge in [-0.2, -0.15) is 0 Å². The number of thioether (sulfide) groups is 1. The fraction of sp³-hybridized carbons (Fsp3) is 0.250. The molecule has 130 valence electrons. The molecule has 0 N–H and O–H groups in total. The molecule has 3 aromatic rings. The number of hydrogen-bond donors (Lipinski definition) is 0. The van der Waals surface area contributed by atoms with E-state index in [2.05, 4.69) is 15.2 Å². The first-order chi connectivity index (χ1) is 11.8. The first-order valence-corrected chi connectivity index (χ1v) is 8.98. The van der Waals surface area contributed by atoms with E-state index in [1.54, 1.807) is 6.92 Å². The maximum Gasteiger partial charge on any atom is 0.277 e. The van der Waals surface area contributed by atoms with Gasteiger partial charge in [0, 0.05) is 6.07 Å². The minimum atomic E-state index is -0.889. The molecular weight excluding hydrogens is 368 g/mol. The van der Waals surface area contributed by atoms with Gasteiger partial charge in [0.2, 0.25) is 0 Å². The number of halogens is 2. The predicted octanol–water partition coefficient (Wildman–Crippen LogP) is 4.45. The Balaban J connectivity index is 1.76. The standard InChI is InChI=1S/C16H13F2N3O2S2/c1-7-14(25-9(3)19-7)15-20-21-16(23-15)24-8(2)13(22)11-5-4-10(17)6-12(11)18/h4-6,8H,1-3H3. The topological polar surface area (TPSA) is 68.9 Å². The van der Waals surface area contributed by atoms with Crippen LogP contribution in [0.5, 0.6) is 0 Å². The highest BCUT2D eigenvalue weighted by Crippen LogP contribution is 2.32. The van der Waals surface area contributed by atoms with Gasteiger partial charge in [0.05, 0.1) is 21.5 Å². The van der Waals surface area contributed by atoms with Crippen LogP contribution in [0, 0.1) is 25.5 Å². The molecular formula is C16H13F2N3O2S2. The van der Waals surface area contributed by atoms with Crippen molar-refractivity contribution in [1.29, 1.82) is 0 Å². The third-order valence-corrected chi connectivity index (χ3v) is 5.34. The zero-order valence-electron chi connectivity index (χ0n) is 13.5. The molecule has 0 amide bonds. The Morgan fingerprint density at radius 3 is 2.68 bits per heavy atom. The van der Waals surface area contributed by atoms with Crippen molar-refractivity contribution in [2.45, 2.75) is 31.2 Å². The van der Waals surface area contributed by atoms with E-state index in [1.807, 2.05) is 13.8 Å². The second-order valence-corrected chi connectivity index (χ2v) is 7.76. The number of ketones is 1. The summed E-state index contributed by atoms with van der Waals surface area (Å²) in [5, 5.41) is 8.30. The van der Waals surface area contributed by atoms with Crippen molar-refractivity contribution >= 4 is 28.9 Å². The Morgan fingerprint density at radius 1 is 1.28 bits per heavy atom. The van der Waals surface area contributed by atoms with E-state index in [0.717, 1.165) is 39.5 Å². The molecule has 0 bridgehead atoms. The second-order valence-electron chi connectivity index (χ2n) is 5.27. The summed E-state index contributed by atoms with van der Waals surface area (Å²) in [7, 11) is 0. The number of benzene rings is 1. The zero-order chi connectivity index (χ0) is 18.1. The smallest absolute Gasteiger partial charge is 0.277 e. The molecule has 2 heterocycles. The number of thiazole rings is 1. The first-order valence-electron chi connectivity index (χ1n) is 7.29. The Morgan fingerprint density at radius 2 is 2.04 bits per heavy atom. The van der Waals surface area contributed by atoms with Gasteiger partial charge in [-0.05, 0) is 32.9 Å². The highest BCUT2D eigenvalue weighted by molar-refractivity contribution is 8.00. The average molecular weight is 381 g/mol. The summed E-state index contributed by atoms with van der Waals surface area (Å²) in [6.45, 7) is 5.33. The van der Waals surface area contributed by atoms with E-state index in [4.69, 9.17) is 4.42 Å². The molecule has 1 aromatic carbocycles. The SMILES string of the molecule is Cc1nc(C)c(-c2nnc(SC(C)C(=O)c3ccc(F)cc3F)o2)s1. The van der Waals surface area contributed by atoms with E-state index >= 15 is 0 Å². The number of aryl methyl sites for hydroxylation is 2. The van der Waals surface area contributed by atoms with E-state index in [9.17, 15) is 13.6 Å². The second kappa shape index (κ2) is 7.01. The molecule has 0 fully saturated rings. The van der Waals surface area contributed by atoms with Gasteiger partial charge < -0.3 is 4.42 Å². The zero-order valence-corrected chi connectivity index (χ0v) is 15.2. The number of carbonyl (C=O) groups excluding carboxylic acids is 1. The molecule has 0 aliphatic rings. The Hall–Kier alpha value is -2.13. The number of carbonyl (C=O) groups is 1. The highest BCUT2D eigenvalue weighted by Gasteiger charge is 2.23. The molecule has 1 atom stereocenters. The first kappa shape index (κ1) is 17.7. The Bertz CT molecular complexity index is 939. The summed E-state index contributed by atoms with van der Waals surface area (Å²) in [6.07, 6.45) is 0. The number of nitrogens with zero attached hydrogens (tertiary/aromatic N) is 3. The van der Waals surface area contributed by atoms with Crippen LogP contribution in [0.1, 0.15) is 28.0 Å². The van der Waals surface area contributed by atoms with Crippen LogP contribution in [0.4, 0.5) is 8.78 Å². The number of rotatable bonds is 5. The van der Waals surface area contributed by atoms with Gasteiger partial charge in [0.25, 0.3) is 11.1 Å². The minimum Gasteiger partial charge on any atom is -0.410 e. The van der Waals surface area contributed by atoms with Crippen LogP contribution < -0.4 is 0 Å². The van der Waals surface area contributed by atoms with Crippen molar-refractivity contribution in [3.8, 4) is 10.8 Å². The lowest BCUT2D eigenvalue weighted by Gasteiger charge is -2.08. The molecule has 0 aliphatic heterocycles. The van der Waals surface area contributed by atoms with Crippen molar-refractivity contribution in [2.24, 2.45) is 0 Å². The number of Topliss-reactive ketones (excluding diaryl/α,β-unsaturated/α-hetero) is 1. The van der Waals surface area contributed by atoms with Crippen LogP contribution in [0.2, 0.25) is 0 Å². The monoisotopic (exact) mass is 381 g/mol. The van der Waals surface area contributed by atoms with Crippen molar-refractivity contribution in [3.05, 3.63) is 46.1 Å². The summed E-state index contributed by atoms with van der Waals surface area (Å²) in [6, 6.07) is 2.87. The molecule has 1 unspecified atom stereocenters. The van der Waals surface area contributed by atoms with Gasteiger partial charge in [0.1, 0.15) is 16.5 Å². The van der Waals surface area contributed by atoms with Crippen LogP contribution in [0.3, 0.4) is 0 Å². The summed E-state index contributed by atoms with van der Waals surface area (Å²) in [4.78, 5) is 17.4. The minimum absolute atomic E-state index is 0.171. The predicted molar refractivity (Wildman–Crippen MR) is 90.9 cm³/mol. The van der Waals surface area contributed by atoms with Gasteiger partial charge in [0.15, 0.2) is 5.78 Å². The van der Waals surface area contributed by atoms with E-state index < -0.39 is 22.7 Å². The third kappa shape index (κ3) is 3.77. The molecule has 0 saturated carbocycles. The van der Waals surface area contributed by atoms with E-state index in [0.29, 0.717) is 12.0 Å². The lowest BCUT2D eigenvalue weighted by atomic mass is 10.1. The van der Waals surface area contributed by atoms with Crippen LogP contribution >= 0.6 is 23.1 Å². The highest BCUT2D eigenvalue weighted by atomic mass is 32.2. The fourth-order valence-corrected chi connectivity index (χ4v) is 3.78. The molecule has 2 aromatic heterocycles. The Labute approximate surface area is 150 Å². The van der Waals surface area contributed by atoms with Crippen molar-refractivity contribution in [2.75, 3.05) is 0 Å². The number of aromatic nitrogens is 3. The molecule has 25 heavy (non-hydrogen) atoms. The largest absolute Gasteiger partial charge is 0.410 e. The summed E-state index contributed by atoms with van der Waals surface area (Å²) in [5.41, 5.74) is 0.621. The maximum atomic E-state index is 13.7. The van der Waals surface area contributed by atoms with E-state index in [1.165, 1.54) is 11.3 Å². The molecule has 0 saturated heterocycles. The van der Waals surface area contributed by atoms with Crippen molar-refractivity contribution in [3.63, 3.8) is 0 Å². The normalized spacial score (nSPS) is 12.4. The average Bonchev–Trinajstić information content (AvgIpc) is 3.12. The molecule has 0 aliphatic carbocycles. The summed E-state index contributed by atoms with van der Waals surface area (Å²) >= 11 is 2.46.